The van der Waals surface area contributed by atoms with E-state index in [2.05, 4.69) is 30.1 Å². The zero-order valence-corrected chi connectivity index (χ0v) is 9.82. The van der Waals surface area contributed by atoms with Crippen LogP contribution >= 0.6 is 23.1 Å². The molecule has 0 radical (unpaired) electrons. The highest BCUT2D eigenvalue weighted by Crippen LogP contribution is 2.17. The molecule has 1 rings (SSSR count). The fourth-order valence-corrected chi connectivity index (χ4v) is 1.94. The Morgan fingerprint density at radius 2 is 2.15 bits per heavy atom. The molecule has 0 amide bonds. The molecule has 4 heteroatoms. The van der Waals surface area contributed by atoms with Gasteiger partial charge in [-0.3, -0.25) is 0 Å². The maximum Gasteiger partial charge on any atom is 0.142 e. The molecular formula is C9H15ClN2S. The molecule has 13 heavy (non-hydrogen) atoms. The van der Waals surface area contributed by atoms with Crippen LogP contribution in [0.15, 0.2) is 0 Å². The molecule has 1 atom stereocenters. The highest BCUT2D eigenvalue weighted by Gasteiger charge is 2.13. The highest BCUT2D eigenvalue weighted by molar-refractivity contribution is 7.05. The Labute approximate surface area is 88.5 Å². The number of nitrogens with zero attached hydrogens (tertiary/aromatic N) is 2. The second kappa shape index (κ2) is 4.91. The van der Waals surface area contributed by atoms with E-state index in [1.165, 1.54) is 11.5 Å². The van der Waals surface area contributed by atoms with Crippen molar-refractivity contribution in [2.24, 2.45) is 5.92 Å². The molecule has 0 aliphatic heterocycles. The standard InChI is InChI=1S/C9H15ClN2S/c1-4-8-11-9(13-12-8)5-7(10)6(2)3/h6-7H,4-5H2,1-3H3. The van der Waals surface area contributed by atoms with E-state index in [1.54, 1.807) is 0 Å². The zero-order chi connectivity index (χ0) is 9.84. The van der Waals surface area contributed by atoms with Crippen molar-refractivity contribution in [2.75, 3.05) is 0 Å². The van der Waals surface area contributed by atoms with Gasteiger partial charge < -0.3 is 0 Å². The van der Waals surface area contributed by atoms with Crippen LogP contribution in [0.3, 0.4) is 0 Å². The Hall–Kier alpha value is -0.150. The topological polar surface area (TPSA) is 25.8 Å². The fourth-order valence-electron chi connectivity index (χ4n) is 0.919. The first-order valence-electron chi connectivity index (χ1n) is 4.59. The van der Waals surface area contributed by atoms with Crippen LogP contribution in [-0.2, 0) is 12.8 Å². The molecule has 2 nitrogen and oxygen atoms in total. The Morgan fingerprint density at radius 1 is 1.46 bits per heavy atom. The summed E-state index contributed by atoms with van der Waals surface area (Å²) in [4.78, 5) is 4.37. The lowest BCUT2D eigenvalue weighted by Gasteiger charge is -2.09. The summed E-state index contributed by atoms with van der Waals surface area (Å²) in [6, 6.07) is 0. The molecule has 0 aliphatic rings. The van der Waals surface area contributed by atoms with Crippen LogP contribution in [0.4, 0.5) is 0 Å². The molecular weight excluding hydrogens is 204 g/mol. The monoisotopic (exact) mass is 218 g/mol. The van der Waals surface area contributed by atoms with Crippen LogP contribution in [0.25, 0.3) is 0 Å². The minimum absolute atomic E-state index is 0.178. The SMILES string of the molecule is CCc1nsc(CC(Cl)C(C)C)n1. The van der Waals surface area contributed by atoms with Crippen molar-refractivity contribution in [2.45, 2.75) is 39.0 Å². The van der Waals surface area contributed by atoms with Gasteiger partial charge in [0.25, 0.3) is 0 Å². The normalized spacial score (nSPS) is 13.6. The van der Waals surface area contributed by atoms with Gasteiger partial charge in [0.1, 0.15) is 10.8 Å². The van der Waals surface area contributed by atoms with E-state index in [-0.39, 0.29) is 5.38 Å². The second-order valence-electron chi connectivity index (χ2n) is 3.42. The molecule has 0 saturated heterocycles. The second-order valence-corrected chi connectivity index (χ2v) is 4.82. The molecule has 0 N–H and O–H groups in total. The molecule has 0 bridgehead atoms. The summed E-state index contributed by atoms with van der Waals surface area (Å²) >= 11 is 7.62. The summed E-state index contributed by atoms with van der Waals surface area (Å²) < 4.78 is 4.22. The Bertz CT molecular complexity index is 260. The van der Waals surface area contributed by atoms with E-state index in [0.29, 0.717) is 5.92 Å². The first-order valence-corrected chi connectivity index (χ1v) is 5.80. The van der Waals surface area contributed by atoms with Gasteiger partial charge in [-0.1, -0.05) is 20.8 Å². The van der Waals surface area contributed by atoms with Crippen LogP contribution in [0, 0.1) is 5.92 Å². The zero-order valence-electron chi connectivity index (χ0n) is 8.25. The van der Waals surface area contributed by atoms with Gasteiger partial charge in [0, 0.05) is 18.2 Å². The third kappa shape index (κ3) is 3.24. The van der Waals surface area contributed by atoms with Gasteiger partial charge in [-0.25, -0.2) is 4.98 Å². The molecule has 0 aromatic carbocycles. The lowest BCUT2D eigenvalue weighted by Crippen LogP contribution is -2.10. The Morgan fingerprint density at radius 3 is 2.62 bits per heavy atom. The molecule has 0 spiro atoms. The Kier molecular flexibility index (Phi) is 4.13. The summed E-state index contributed by atoms with van der Waals surface area (Å²) in [5, 5.41) is 1.24. The molecule has 0 aliphatic carbocycles. The average molecular weight is 219 g/mol. The van der Waals surface area contributed by atoms with E-state index in [0.717, 1.165) is 23.7 Å². The lowest BCUT2D eigenvalue weighted by molar-refractivity contribution is 0.594. The van der Waals surface area contributed by atoms with Gasteiger partial charge in [-0.15, -0.1) is 11.6 Å². The van der Waals surface area contributed by atoms with Crippen molar-refractivity contribution < 1.29 is 0 Å². The average Bonchev–Trinajstić information content (AvgIpc) is 2.52. The molecule has 0 fully saturated rings. The Balaban J connectivity index is 2.53. The molecule has 1 aromatic rings. The molecule has 0 saturated carbocycles. The predicted octanol–water partition coefficient (Wildman–Crippen LogP) is 2.91. The van der Waals surface area contributed by atoms with Crippen molar-refractivity contribution >= 4 is 23.1 Å². The summed E-state index contributed by atoms with van der Waals surface area (Å²) in [5.41, 5.74) is 0. The third-order valence-corrected chi connectivity index (χ3v) is 3.35. The summed E-state index contributed by atoms with van der Waals surface area (Å²) in [6.45, 7) is 6.31. The van der Waals surface area contributed by atoms with Crippen molar-refractivity contribution in [3.05, 3.63) is 10.8 Å². The summed E-state index contributed by atoms with van der Waals surface area (Å²) in [7, 11) is 0. The van der Waals surface area contributed by atoms with E-state index in [1.807, 2.05) is 0 Å². The van der Waals surface area contributed by atoms with E-state index < -0.39 is 0 Å². The maximum atomic E-state index is 6.14. The van der Waals surface area contributed by atoms with Gasteiger partial charge in [0.15, 0.2) is 0 Å². The number of hydrogen-bond acceptors (Lipinski definition) is 3. The largest absolute Gasteiger partial charge is 0.225 e. The quantitative estimate of drug-likeness (QED) is 0.727. The molecule has 74 valence electrons. The van der Waals surface area contributed by atoms with Crippen molar-refractivity contribution in [3.8, 4) is 0 Å². The van der Waals surface area contributed by atoms with Gasteiger partial charge in [-0.05, 0) is 17.5 Å². The van der Waals surface area contributed by atoms with Crippen LogP contribution in [0.1, 0.15) is 31.6 Å². The fraction of sp³-hybridized carbons (Fsp3) is 0.778. The minimum atomic E-state index is 0.178. The first-order chi connectivity index (χ1) is 6.13. The number of aromatic nitrogens is 2. The highest BCUT2D eigenvalue weighted by atomic mass is 35.5. The number of hydrogen-bond donors (Lipinski definition) is 0. The van der Waals surface area contributed by atoms with Crippen molar-refractivity contribution in [1.29, 1.82) is 0 Å². The molecule has 1 unspecified atom stereocenters. The van der Waals surface area contributed by atoms with Crippen LogP contribution in [-0.4, -0.2) is 14.7 Å². The third-order valence-electron chi connectivity index (χ3n) is 1.92. The summed E-state index contributed by atoms with van der Waals surface area (Å²) in [6.07, 6.45) is 1.75. The number of aryl methyl sites for hydroxylation is 1. The van der Waals surface area contributed by atoms with Gasteiger partial charge in [0.2, 0.25) is 0 Å². The van der Waals surface area contributed by atoms with Crippen molar-refractivity contribution in [3.63, 3.8) is 0 Å². The van der Waals surface area contributed by atoms with Crippen LogP contribution in [0.2, 0.25) is 0 Å². The van der Waals surface area contributed by atoms with E-state index >= 15 is 0 Å². The smallest absolute Gasteiger partial charge is 0.142 e. The van der Waals surface area contributed by atoms with Crippen LogP contribution in [0.5, 0.6) is 0 Å². The number of alkyl halides is 1. The van der Waals surface area contributed by atoms with Crippen LogP contribution < -0.4 is 0 Å². The number of rotatable bonds is 4. The van der Waals surface area contributed by atoms with E-state index in [4.69, 9.17) is 11.6 Å². The predicted molar refractivity (Wildman–Crippen MR) is 57.5 cm³/mol. The minimum Gasteiger partial charge on any atom is -0.225 e. The van der Waals surface area contributed by atoms with Gasteiger partial charge in [0.05, 0.1) is 0 Å². The number of halogens is 1. The van der Waals surface area contributed by atoms with Gasteiger partial charge in [-0.2, -0.15) is 4.37 Å². The van der Waals surface area contributed by atoms with E-state index in [9.17, 15) is 0 Å². The maximum absolute atomic E-state index is 6.14. The van der Waals surface area contributed by atoms with Gasteiger partial charge >= 0.3 is 0 Å². The van der Waals surface area contributed by atoms with Crippen molar-refractivity contribution in [1.82, 2.24) is 9.36 Å². The first kappa shape index (κ1) is 10.9. The molecule has 1 aromatic heterocycles. The summed E-state index contributed by atoms with van der Waals surface area (Å²) in [5.74, 6) is 1.43. The molecule has 1 heterocycles. The lowest BCUT2D eigenvalue weighted by atomic mass is 10.1.